The van der Waals surface area contributed by atoms with Crippen molar-refractivity contribution < 1.29 is 27.5 Å². The van der Waals surface area contributed by atoms with E-state index in [9.17, 15) is 18.3 Å². The minimum Gasteiger partial charge on any atom is -0.478 e. The van der Waals surface area contributed by atoms with Crippen LogP contribution in [-0.2, 0) is 14.8 Å². The quantitative estimate of drug-likeness (QED) is 0.477. The molecule has 0 unspecified atom stereocenters. The molecule has 4 aromatic rings. The average Bonchev–Trinajstić information content (AvgIpc) is 3.21. The van der Waals surface area contributed by atoms with Crippen molar-refractivity contribution in [2.24, 2.45) is 0 Å². The van der Waals surface area contributed by atoms with Gasteiger partial charge in [-0.15, -0.1) is 0 Å². The fourth-order valence-corrected chi connectivity index (χ4v) is 5.36. The number of morpholine rings is 1. The van der Waals surface area contributed by atoms with Crippen LogP contribution in [0.25, 0.3) is 33.3 Å². The Bertz CT molecular complexity index is 1470. The highest BCUT2D eigenvalue weighted by Gasteiger charge is 2.27. The van der Waals surface area contributed by atoms with Crippen molar-refractivity contribution >= 4 is 49.5 Å². The number of sulfonamides is 1. The summed E-state index contributed by atoms with van der Waals surface area (Å²) in [5, 5.41) is 11.4. The Balaban J connectivity index is 1.64. The maximum atomic E-state index is 13.0. The number of rotatable bonds is 4. The van der Waals surface area contributed by atoms with Gasteiger partial charge in [0.25, 0.3) is 0 Å². The molecule has 5 rings (SSSR count). The molecule has 0 amide bonds. The zero-order chi connectivity index (χ0) is 22.5. The van der Waals surface area contributed by atoms with Gasteiger partial charge >= 0.3 is 5.97 Å². The van der Waals surface area contributed by atoms with Gasteiger partial charge in [-0.25, -0.2) is 18.2 Å². The summed E-state index contributed by atoms with van der Waals surface area (Å²) < 4.78 is 38.4. The van der Waals surface area contributed by atoms with E-state index in [0.29, 0.717) is 40.8 Å². The molecule has 2 aromatic heterocycles. The molecule has 0 bridgehead atoms. The van der Waals surface area contributed by atoms with Crippen LogP contribution in [0.3, 0.4) is 0 Å². The number of hydrogen-bond acceptors (Lipinski definition) is 6. The lowest BCUT2D eigenvalue weighted by Gasteiger charge is -2.26. The number of carbonyl (C=O) groups is 1. The van der Waals surface area contributed by atoms with Crippen molar-refractivity contribution in [2.75, 3.05) is 26.3 Å². The van der Waals surface area contributed by atoms with Gasteiger partial charge in [0.1, 0.15) is 11.3 Å². The Hall–Kier alpha value is -2.98. The van der Waals surface area contributed by atoms with Crippen LogP contribution >= 0.6 is 11.6 Å². The first-order valence-corrected chi connectivity index (χ1v) is 11.6. The van der Waals surface area contributed by atoms with E-state index in [-0.39, 0.29) is 28.9 Å². The minimum absolute atomic E-state index is 0.0160. The predicted molar refractivity (Wildman–Crippen MR) is 118 cm³/mol. The SMILES string of the molecule is O=C(O)c1cc(-c2cc3cc(Cl)ccc3o2)nc2ccc(S(=O)(=O)N3CCOCC3)cc12. The molecular formula is C22H17ClN2O6S. The van der Waals surface area contributed by atoms with Crippen molar-refractivity contribution in [3.05, 3.63) is 59.1 Å². The van der Waals surface area contributed by atoms with Crippen molar-refractivity contribution in [3.8, 4) is 11.5 Å². The molecule has 164 valence electrons. The Kier molecular flexibility index (Phi) is 5.13. The highest BCUT2D eigenvalue weighted by Crippen LogP contribution is 2.32. The third kappa shape index (κ3) is 3.63. The third-order valence-electron chi connectivity index (χ3n) is 5.35. The lowest BCUT2D eigenvalue weighted by molar-refractivity contribution is 0.0699. The van der Waals surface area contributed by atoms with E-state index in [1.165, 1.54) is 28.6 Å². The molecule has 32 heavy (non-hydrogen) atoms. The van der Waals surface area contributed by atoms with Gasteiger partial charge in [-0.1, -0.05) is 11.6 Å². The van der Waals surface area contributed by atoms with Gasteiger partial charge < -0.3 is 14.3 Å². The number of ether oxygens (including phenoxy) is 1. The third-order valence-corrected chi connectivity index (χ3v) is 7.48. The summed E-state index contributed by atoms with van der Waals surface area (Å²) in [6.45, 7) is 1.14. The number of halogens is 1. The highest BCUT2D eigenvalue weighted by molar-refractivity contribution is 7.89. The Labute approximate surface area is 188 Å². The van der Waals surface area contributed by atoms with Crippen LogP contribution < -0.4 is 0 Å². The van der Waals surface area contributed by atoms with Gasteiger partial charge in [0.15, 0.2) is 5.76 Å². The van der Waals surface area contributed by atoms with E-state index in [4.69, 9.17) is 20.8 Å². The second kappa shape index (κ2) is 7.86. The van der Waals surface area contributed by atoms with Gasteiger partial charge in [-0.2, -0.15) is 4.31 Å². The number of hydrogen-bond donors (Lipinski definition) is 1. The number of pyridine rings is 1. The molecule has 10 heteroatoms. The standard InChI is InChI=1S/C22H17ClN2O6S/c23-14-1-4-20-13(9-14)10-21(31-20)19-12-17(22(26)27)16-11-15(2-3-18(16)24-19)32(28,29)25-5-7-30-8-6-25/h1-4,9-12H,5-8H2,(H,26,27). The molecule has 1 aliphatic rings. The van der Waals surface area contributed by atoms with Gasteiger partial charge in [0.2, 0.25) is 10.0 Å². The van der Waals surface area contributed by atoms with Crippen LogP contribution in [0, 0.1) is 0 Å². The Morgan fingerprint density at radius 3 is 2.59 bits per heavy atom. The van der Waals surface area contributed by atoms with Crippen molar-refractivity contribution in [3.63, 3.8) is 0 Å². The van der Waals surface area contributed by atoms with E-state index in [1.807, 2.05) is 0 Å². The van der Waals surface area contributed by atoms with Crippen molar-refractivity contribution in [1.29, 1.82) is 0 Å². The van der Waals surface area contributed by atoms with Crippen molar-refractivity contribution in [1.82, 2.24) is 9.29 Å². The van der Waals surface area contributed by atoms with Crippen LogP contribution in [0.4, 0.5) is 0 Å². The lowest BCUT2D eigenvalue weighted by Crippen LogP contribution is -2.40. The van der Waals surface area contributed by atoms with Crippen LogP contribution in [0.15, 0.2) is 57.8 Å². The predicted octanol–water partition coefficient (Wildman–Crippen LogP) is 4.02. The summed E-state index contributed by atoms with van der Waals surface area (Å²) in [6, 6.07) is 12.6. The molecule has 0 radical (unpaired) electrons. The van der Waals surface area contributed by atoms with Gasteiger partial charge in [0.05, 0.1) is 29.2 Å². The number of aromatic nitrogens is 1. The molecule has 0 atom stereocenters. The smallest absolute Gasteiger partial charge is 0.336 e. The summed E-state index contributed by atoms with van der Waals surface area (Å²) in [6.07, 6.45) is 0. The monoisotopic (exact) mass is 472 g/mol. The van der Waals surface area contributed by atoms with Crippen LogP contribution in [0.1, 0.15) is 10.4 Å². The molecular weight excluding hydrogens is 456 g/mol. The molecule has 1 aliphatic heterocycles. The Morgan fingerprint density at radius 2 is 1.84 bits per heavy atom. The van der Waals surface area contributed by atoms with Crippen LogP contribution in [0.2, 0.25) is 5.02 Å². The first-order chi connectivity index (χ1) is 15.3. The van der Waals surface area contributed by atoms with Crippen LogP contribution in [0.5, 0.6) is 0 Å². The molecule has 8 nitrogen and oxygen atoms in total. The van der Waals surface area contributed by atoms with E-state index in [2.05, 4.69) is 4.98 Å². The first-order valence-electron chi connectivity index (χ1n) is 9.78. The first kappa shape index (κ1) is 20.9. The summed E-state index contributed by atoms with van der Waals surface area (Å²) in [4.78, 5) is 16.6. The minimum atomic E-state index is -3.78. The molecule has 0 saturated carbocycles. The highest BCUT2D eigenvalue weighted by atomic mass is 35.5. The van der Waals surface area contributed by atoms with Gasteiger partial charge in [0, 0.05) is 28.9 Å². The number of aromatic carboxylic acids is 1. The number of carboxylic acid groups (broad SMARTS) is 1. The fourth-order valence-electron chi connectivity index (χ4n) is 3.74. The summed E-state index contributed by atoms with van der Waals surface area (Å²) in [7, 11) is -3.78. The molecule has 1 N–H and O–H groups in total. The number of benzene rings is 2. The van der Waals surface area contributed by atoms with E-state index >= 15 is 0 Å². The van der Waals surface area contributed by atoms with E-state index in [0.717, 1.165) is 5.39 Å². The second-order valence-corrected chi connectivity index (χ2v) is 9.72. The average molecular weight is 473 g/mol. The fraction of sp³-hybridized carbons (Fsp3) is 0.182. The maximum Gasteiger partial charge on any atom is 0.336 e. The molecule has 3 heterocycles. The zero-order valence-corrected chi connectivity index (χ0v) is 18.2. The summed E-state index contributed by atoms with van der Waals surface area (Å²) in [5.41, 5.74) is 1.20. The van der Waals surface area contributed by atoms with Gasteiger partial charge in [-0.3, -0.25) is 0 Å². The van der Waals surface area contributed by atoms with Crippen molar-refractivity contribution in [2.45, 2.75) is 4.90 Å². The van der Waals surface area contributed by atoms with E-state index < -0.39 is 16.0 Å². The number of carboxylic acids is 1. The molecule has 0 spiro atoms. The summed E-state index contributed by atoms with van der Waals surface area (Å²) >= 11 is 6.03. The topological polar surface area (TPSA) is 110 Å². The normalized spacial score (nSPS) is 15.4. The summed E-state index contributed by atoms with van der Waals surface area (Å²) in [5.74, 6) is -0.810. The Morgan fingerprint density at radius 1 is 1.06 bits per heavy atom. The number of nitrogens with zero attached hydrogens (tertiary/aromatic N) is 2. The zero-order valence-electron chi connectivity index (χ0n) is 16.6. The van der Waals surface area contributed by atoms with Gasteiger partial charge in [-0.05, 0) is 48.5 Å². The number of furan rings is 1. The molecule has 2 aromatic carbocycles. The molecule has 0 aliphatic carbocycles. The lowest BCUT2D eigenvalue weighted by atomic mass is 10.1. The number of fused-ring (bicyclic) bond motifs is 2. The van der Waals surface area contributed by atoms with E-state index in [1.54, 1.807) is 24.3 Å². The van der Waals surface area contributed by atoms with Crippen LogP contribution in [-0.4, -0.2) is 55.1 Å². The molecule has 1 fully saturated rings. The second-order valence-electron chi connectivity index (χ2n) is 7.35. The molecule has 1 saturated heterocycles. The largest absolute Gasteiger partial charge is 0.478 e. The maximum absolute atomic E-state index is 13.0.